The Balaban J connectivity index is 1.88. The minimum Gasteiger partial charge on any atom is -0.373 e. The first-order valence-corrected chi connectivity index (χ1v) is 7.98. The van der Waals surface area contributed by atoms with Gasteiger partial charge in [-0.3, -0.25) is 0 Å². The van der Waals surface area contributed by atoms with Crippen LogP contribution in [-0.2, 0) is 17.9 Å². The number of rotatable bonds is 4. The third-order valence-corrected chi connectivity index (χ3v) is 5.12. The molecule has 1 fully saturated rings. The van der Waals surface area contributed by atoms with E-state index in [1.165, 1.54) is 24.8 Å². The number of ether oxygens (including phenoxy) is 1. The van der Waals surface area contributed by atoms with Crippen molar-refractivity contribution in [1.29, 1.82) is 0 Å². The fourth-order valence-corrected chi connectivity index (χ4v) is 3.23. The lowest BCUT2D eigenvalue weighted by molar-refractivity contribution is -0.00766. The summed E-state index contributed by atoms with van der Waals surface area (Å²) in [5.41, 5.74) is 8.00. The standard InChI is InChI=1S/C16H24BrNO/c1-11-3-6-15(7-12(11)2)19-10-14-5-4-13(9-18)8-16(14)17/h4-5,8,11-12,15H,3,6-7,9-10,18H2,1-2H3. The van der Waals surface area contributed by atoms with E-state index >= 15 is 0 Å². The van der Waals surface area contributed by atoms with Crippen molar-refractivity contribution in [3.63, 3.8) is 0 Å². The lowest BCUT2D eigenvalue weighted by Gasteiger charge is -2.32. The summed E-state index contributed by atoms with van der Waals surface area (Å²) in [5.74, 6) is 1.62. The van der Waals surface area contributed by atoms with Gasteiger partial charge in [0.05, 0.1) is 12.7 Å². The average Bonchev–Trinajstić information content (AvgIpc) is 2.41. The van der Waals surface area contributed by atoms with Gasteiger partial charge in [-0.15, -0.1) is 0 Å². The molecule has 2 nitrogen and oxygen atoms in total. The second-order valence-electron chi connectivity index (χ2n) is 5.83. The van der Waals surface area contributed by atoms with Gasteiger partial charge in [-0.2, -0.15) is 0 Å². The van der Waals surface area contributed by atoms with Crippen LogP contribution in [0, 0.1) is 11.8 Å². The van der Waals surface area contributed by atoms with Crippen molar-refractivity contribution in [3.8, 4) is 0 Å². The fraction of sp³-hybridized carbons (Fsp3) is 0.625. The van der Waals surface area contributed by atoms with Crippen LogP contribution >= 0.6 is 15.9 Å². The zero-order valence-electron chi connectivity index (χ0n) is 11.9. The van der Waals surface area contributed by atoms with E-state index in [1.807, 2.05) is 0 Å². The number of halogens is 1. The molecule has 0 heterocycles. The minimum atomic E-state index is 0.423. The van der Waals surface area contributed by atoms with Gasteiger partial charge in [-0.1, -0.05) is 41.9 Å². The number of nitrogens with two attached hydrogens (primary N) is 1. The maximum absolute atomic E-state index is 6.08. The lowest BCUT2D eigenvalue weighted by Crippen LogP contribution is -2.26. The first-order valence-electron chi connectivity index (χ1n) is 7.19. The Labute approximate surface area is 124 Å². The van der Waals surface area contributed by atoms with Crippen LogP contribution in [0.15, 0.2) is 22.7 Å². The molecule has 106 valence electrons. The summed E-state index contributed by atoms with van der Waals surface area (Å²) >= 11 is 3.60. The molecule has 1 aliphatic carbocycles. The fourth-order valence-electron chi connectivity index (χ4n) is 2.69. The second kappa shape index (κ2) is 6.87. The molecule has 3 atom stereocenters. The monoisotopic (exact) mass is 325 g/mol. The minimum absolute atomic E-state index is 0.423. The van der Waals surface area contributed by atoms with E-state index in [4.69, 9.17) is 10.5 Å². The normalized spacial score (nSPS) is 27.5. The van der Waals surface area contributed by atoms with E-state index in [1.54, 1.807) is 0 Å². The Morgan fingerprint density at radius 3 is 2.68 bits per heavy atom. The highest BCUT2D eigenvalue weighted by molar-refractivity contribution is 9.10. The highest BCUT2D eigenvalue weighted by Gasteiger charge is 2.24. The Hall–Kier alpha value is -0.380. The van der Waals surface area contributed by atoms with Crippen LogP contribution in [0.3, 0.4) is 0 Å². The van der Waals surface area contributed by atoms with Gasteiger partial charge in [0.15, 0.2) is 0 Å². The molecule has 0 bridgehead atoms. The van der Waals surface area contributed by atoms with Crippen LogP contribution in [0.25, 0.3) is 0 Å². The van der Waals surface area contributed by atoms with E-state index < -0.39 is 0 Å². The molecule has 0 aromatic heterocycles. The summed E-state index contributed by atoms with van der Waals surface area (Å²) in [6.07, 6.45) is 4.11. The molecule has 0 spiro atoms. The van der Waals surface area contributed by atoms with Crippen LogP contribution in [0.1, 0.15) is 44.2 Å². The van der Waals surface area contributed by atoms with Crippen molar-refractivity contribution in [3.05, 3.63) is 33.8 Å². The zero-order valence-corrected chi connectivity index (χ0v) is 13.4. The van der Waals surface area contributed by atoms with Gasteiger partial charge in [0.25, 0.3) is 0 Å². The third kappa shape index (κ3) is 4.04. The lowest BCUT2D eigenvalue weighted by atomic mass is 9.80. The van der Waals surface area contributed by atoms with Gasteiger partial charge >= 0.3 is 0 Å². The molecule has 1 aliphatic rings. The molecule has 1 aromatic rings. The molecular weight excluding hydrogens is 302 g/mol. The molecule has 1 aromatic carbocycles. The molecule has 3 unspecified atom stereocenters. The first kappa shape index (κ1) is 15.0. The topological polar surface area (TPSA) is 35.2 Å². The van der Waals surface area contributed by atoms with E-state index in [9.17, 15) is 0 Å². The summed E-state index contributed by atoms with van der Waals surface area (Å²) in [5, 5.41) is 0. The van der Waals surface area contributed by atoms with Crippen molar-refractivity contribution in [2.24, 2.45) is 17.6 Å². The van der Waals surface area contributed by atoms with Crippen LogP contribution in [0.2, 0.25) is 0 Å². The van der Waals surface area contributed by atoms with Gasteiger partial charge in [-0.05, 0) is 48.3 Å². The van der Waals surface area contributed by atoms with Gasteiger partial charge in [0.1, 0.15) is 0 Å². The molecule has 0 radical (unpaired) electrons. The van der Waals surface area contributed by atoms with E-state index in [0.29, 0.717) is 19.3 Å². The highest BCUT2D eigenvalue weighted by atomic mass is 79.9. The van der Waals surface area contributed by atoms with Crippen molar-refractivity contribution < 1.29 is 4.74 Å². The Kier molecular flexibility index (Phi) is 5.43. The molecule has 2 rings (SSSR count). The highest BCUT2D eigenvalue weighted by Crippen LogP contribution is 2.31. The number of hydrogen-bond donors (Lipinski definition) is 1. The number of benzene rings is 1. The molecule has 1 saturated carbocycles. The summed E-state index contributed by atoms with van der Waals surface area (Å²) in [6, 6.07) is 6.28. The SMILES string of the molecule is CC1CCC(OCc2ccc(CN)cc2Br)CC1C. The van der Waals surface area contributed by atoms with Crippen LogP contribution in [0.4, 0.5) is 0 Å². The molecule has 0 aliphatic heterocycles. The smallest absolute Gasteiger partial charge is 0.0731 e. The quantitative estimate of drug-likeness (QED) is 0.898. The summed E-state index contributed by atoms with van der Waals surface area (Å²) in [7, 11) is 0. The molecular formula is C16H24BrNO. The molecule has 19 heavy (non-hydrogen) atoms. The third-order valence-electron chi connectivity index (χ3n) is 4.38. The molecule has 2 N–H and O–H groups in total. The largest absolute Gasteiger partial charge is 0.373 e. The van der Waals surface area contributed by atoms with E-state index in [2.05, 4.69) is 48.0 Å². The maximum Gasteiger partial charge on any atom is 0.0731 e. The van der Waals surface area contributed by atoms with Crippen LogP contribution in [-0.4, -0.2) is 6.10 Å². The van der Waals surface area contributed by atoms with Gasteiger partial charge < -0.3 is 10.5 Å². The molecule has 3 heteroatoms. The van der Waals surface area contributed by atoms with Crippen LogP contribution < -0.4 is 5.73 Å². The first-order chi connectivity index (χ1) is 9.10. The average molecular weight is 326 g/mol. The Morgan fingerprint density at radius 1 is 1.26 bits per heavy atom. The van der Waals surface area contributed by atoms with E-state index in [-0.39, 0.29) is 0 Å². The molecule has 0 amide bonds. The van der Waals surface area contributed by atoms with Crippen molar-refractivity contribution in [2.75, 3.05) is 0 Å². The van der Waals surface area contributed by atoms with Gasteiger partial charge in [0, 0.05) is 11.0 Å². The summed E-state index contributed by atoms with van der Waals surface area (Å²) < 4.78 is 7.19. The van der Waals surface area contributed by atoms with E-state index in [0.717, 1.165) is 21.9 Å². The summed E-state index contributed by atoms with van der Waals surface area (Å²) in [4.78, 5) is 0. The molecule has 0 saturated heterocycles. The second-order valence-corrected chi connectivity index (χ2v) is 6.68. The maximum atomic E-state index is 6.08. The zero-order chi connectivity index (χ0) is 13.8. The Morgan fingerprint density at radius 2 is 2.05 bits per heavy atom. The Bertz CT molecular complexity index is 421. The predicted octanol–water partition coefficient (Wildman–Crippen LogP) is 4.25. The van der Waals surface area contributed by atoms with Gasteiger partial charge in [-0.25, -0.2) is 0 Å². The summed E-state index contributed by atoms with van der Waals surface area (Å²) in [6.45, 7) is 5.96. The van der Waals surface area contributed by atoms with Crippen molar-refractivity contribution >= 4 is 15.9 Å². The number of hydrogen-bond acceptors (Lipinski definition) is 2. The predicted molar refractivity (Wildman–Crippen MR) is 82.8 cm³/mol. The van der Waals surface area contributed by atoms with Gasteiger partial charge in [0.2, 0.25) is 0 Å². The van der Waals surface area contributed by atoms with Crippen molar-refractivity contribution in [1.82, 2.24) is 0 Å². The van der Waals surface area contributed by atoms with Crippen LogP contribution in [0.5, 0.6) is 0 Å². The van der Waals surface area contributed by atoms with Crippen molar-refractivity contribution in [2.45, 2.75) is 52.4 Å².